The van der Waals surface area contributed by atoms with Gasteiger partial charge in [0.15, 0.2) is 11.5 Å². The van der Waals surface area contributed by atoms with Crippen LogP contribution in [0.15, 0.2) is 24.3 Å². The number of phenols is 1. The summed E-state index contributed by atoms with van der Waals surface area (Å²) in [5.41, 5.74) is 0.655. The topological polar surface area (TPSA) is 141 Å². The zero-order valence-corrected chi connectivity index (χ0v) is 11.0. The SMILES string of the molecule is COc1cc(C=CC(=O)O)ccc1O.O=C(O)CC(=O)O. The molecular formula is C13H14O8. The first-order valence-corrected chi connectivity index (χ1v) is 5.47. The van der Waals surface area contributed by atoms with Crippen molar-refractivity contribution in [3.63, 3.8) is 0 Å². The van der Waals surface area contributed by atoms with E-state index in [2.05, 4.69) is 0 Å². The molecule has 0 bridgehead atoms. The zero-order chi connectivity index (χ0) is 16.4. The number of carboxylic acid groups (broad SMARTS) is 3. The minimum atomic E-state index is -1.31. The molecule has 1 aromatic rings. The summed E-state index contributed by atoms with van der Waals surface area (Å²) in [6.07, 6.45) is 1.64. The van der Waals surface area contributed by atoms with Gasteiger partial charge in [-0.2, -0.15) is 0 Å². The van der Waals surface area contributed by atoms with Crippen LogP contribution in [-0.2, 0) is 14.4 Å². The molecule has 0 heterocycles. The van der Waals surface area contributed by atoms with Gasteiger partial charge in [-0.3, -0.25) is 9.59 Å². The quantitative estimate of drug-likeness (QED) is 0.466. The summed E-state index contributed by atoms with van der Waals surface area (Å²) in [4.78, 5) is 29.1. The standard InChI is InChI=1S/C10H10O4.C3H4O4/c1-14-9-6-7(2-4-8(9)11)3-5-10(12)13;4-2(5)1-3(6)7/h2-6,11H,1H3,(H,12,13);1H2,(H,4,5)(H,6,7). The zero-order valence-electron chi connectivity index (χ0n) is 11.0. The highest BCUT2D eigenvalue weighted by molar-refractivity contribution is 5.88. The third-order valence-corrected chi connectivity index (χ3v) is 1.92. The highest BCUT2D eigenvalue weighted by atomic mass is 16.5. The fourth-order valence-electron chi connectivity index (χ4n) is 1.09. The summed E-state index contributed by atoms with van der Waals surface area (Å²) in [6.45, 7) is 0. The second-order valence-corrected chi connectivity index (χ2v) is 3.57. The van der Waals surface area contributed by atoms with Crippen molar-refractivity contribution in [2.75, 3.05) is 7.11 Å². The molecular weight excluding hydrogens is 284 g/mol. The Bertz CT molecular complexity index is 535. The van der Waals surface area contributed by atoms with Crippen LogP contribution < -0.4 is 4.74 Å². The number of hydrogen-bond donors (Lipinski definition) is 4. The fourth-order valence-corrected chi connectivity index (χ4v) is 1.09. The van der Waals surface area contributed by atoms with Crippen LogP contribution in [-0.4, -0.2) is 45.4 Å². The van der Waals surface area contributed by atoms with Gasteiger partial charge in [0.05, 0.1) is 7.11 Å². The number of phenolic OH excluding ortho intramolecular Hbond substituents is 1. The minimum Gasteiger partial charge on any atom is -0.504 e. The summed E-state index contributed by atoms with van der Waals surface area (Å²) in [5.74, 6) is -3.30. The van der Waals surface area contributed by atoms with Crippen LogP contribution in [0, 0.1) is 0 Å². The van der Waals surface area contributed by atoms with Gasteiger partial charge in [0.1, 0.15) is 6.42 Å². The number of benzene rings is 1. The molecule has 114 valence electrons. The van der Waals surface area contributed by atoms with E-state index in [1.54, 1.807) is 12.1 Å². The minimum absolute atomic E-state index is 0.0278. The molecule has 21 heavy (non-hydrogen) atoms. The van der Waals surface area contributed by atoms with Gasteiger partial charge in [0.25, 0.3) is 0 Å². The van der Waals surface area contributed by atoms with E-state index in [4.69, 9.17) is 20.1 Å². The second kappa shape index (κ2) is 8.97. The molecule has 0 fully saturated rings. The first-order valence-electron chi connectivity index (χ1n) is 5.47. The van der Waals surface area contributed by atoms with Gasteiger partial charge in [-0.1, -0.05) is 6.07 Å². The van der Waals surface area contributed by atoms with Crippen molar-refractivity contribution in [3.8, 4) is 11.5 Å². The normalized spacial score (nSPS) is 9.57. The molecule has 0 aliphatic rings. The maximum Gasteiger partial charge on any atom is 0.328 e. The molecule has 0 atom stereocenters. The predicted octanol–water partition coefficient (Wildman–Crippen LogP) is 1.04. The number of aliphatic carboxylic acids is 3. The van der Waals surface area contributed by atoms with Gasteiger partial charge >= 0.3 is 17.9 Å². The van der Waals surface area contributed by atoms with Crippen LogP contribution in [0.4, 0.5) is 0 Å². The maximum absolute atomic E-state index is 10.2. The largest absolute Gasteiger partial charge is 0.504 e. The van der Waals surface area contributed by atoms with Crippen LogP contribution in [0.5, 0.6) is 11.5 Å². The molecule has 0 spiro atoms. The van der Waals surface area contributed by atoms with E-state index in [-0.39, 0.29) is 5.75 Å². The van der Waals surface area contributed by atoms with Gasteiger partial charge in [0.2, 0.25) is 0 Å². The van der Waals surface area contributed by atoms with Crippen LogP contribution in [0.1, 0.15) is 12.0 Å². The van der Waals surface area contributed by atoms with Crippen molar-refractivity contribution < 1.29 is 39.5 Å². The number of hydrogen-bond acceptors (Lipinski definition) is 5. The first-order chi connectivity index (χ1) is 9.76. The molecule has 0 amide bonds. The number of carbonyl (C=O) groups is 3. The number of carboxylic acids is 3. The fraction of sp³-hybridized carbons (Fsp3) is 0.154. The Kier molecular flexibility index (Phi) is 7.67. The third kappa shape index (κ3) is 8.65. The lowest BCUT2D eigenvalue weighted by atomic mass is 10.2. The van der Waals surface area contributed by atoms with Crippen LogP contribution in [0.25, 0.3) is 6.08 Å². The molecule has 0 aliphatic heterocycles. The van der Waals surface area contributed by atoms with Crippen LogP contribution in [0.3, 0.4) is 0 Å². The smallest absolute Gasteiger partial charge is 0.328 e. The average Bonchev–Trinajstić information content (AvgIpc) is 2.36. The van der Waals surface area contributed by atoms with E-state index in [1.165, 1.54) is 19.3 Å². The van der Waals surface area contributed by atoms with Crippen molar-refractivity contribution in [1.29, 1.82) is 0 Å². The Morgan fingerprint density at radius 1 is 1.14 bits per heavy atom. The summed E-state index contributed by atoms with van der Waals surface area (Å²) >= 11 is 0. The number of rotatable bonds is 5. The molecule has 0 saturated carbocycles. The van der Waals surface area contributed by atoms with Crippen LogP contribution >= 0.6 is 0 Å². The Balaban J connectivity index is 0.000000486. The van der Waals surface area contributed by atoms with E-state index < -0.39 is 24.3 Å². The Hall–Kier alpha value is -3.03. The van der Waals surface area contributed by atoms with E-state index in [0.29, 0.717) is 11.3 Å². The lowest BCUT2D eigenvalue weighted by Gasteiger charge is -2.03. The maximum atomic E-state index is 10.2. The monoisotopic (exact) mass is 298 g/mol. The van der Waals surface area contributed by atoms with E-state index in [0.717, 1.165) is 6.08 Å². The lowest BCUT2D eigenvalue weighted by Crippen LogP contribution is -2.03. The highest BCUT2D eigenvalue weighted by Gasteiger charge is 2.02. The molecule has 8 nitrogen and oxygen atoms in total. The van der Waals surface area contributed by atoms with E-state index in [9.17, 15) is 19.5 Å². The molecule has 1 rings (SSSR count). The molecule has 0 aliphatic carbocycles. The van der Waals surface area contributed by atoms with Crippen molar-refractivity contribution in [3.05, 3.63) is 29.8 Å². The van der Waals surface area contributed by atoms with E-state index in [1.807, 2.05) is 0 Å². The summed E-state index contributed by atoms with van der Waals surface area (Å²) in [7, 11) is 1.43. The summed E-state index contributed by atoms with van der Waals surface area (Å²) in [6, 6.07) is 4.59. The highest BCUT2D eigenvalue weighted by Crippen LogP contribution is 2.26. The molecule has 8 heteroatoms. The van der Waals surface area contributed by atoms with Crippen molar-refractivity contribution in [1.82, 2.24) is 0 Å². The van der Waals surface area contributed by atoms with Crippen LogP contribution in [0.2, 0.25) is 0 Å². The molecule has 4 N–H and O–H groups in total. The Morgan fingerprint density at radius 2 is 1.71 bits per heavy atom. The van der Waals surface area contributed by atoms with Crippen molar-refractivity contribution in [2.45, 2.75) is 6.42 Å². The number of aromatic hydroxyl groups is 1. The molecule has 0 radical (unpaired) electrons. The van der Waals surface area contributed by atoms with Gasteiger partial charge in [-0.15, -0.1) is 0 Å². The average molecular weight is 298 g/mol. The predicted molar refractivity (Wildman–Crippen MR) is 71.2 cm³/mol. The van der Waals surface area contributed by atoms with Gasteiger partial charge in [0, 0.05) is 6.08 Å². The molecule has 0 aromatic heterocycles. The lowest BCUT2D eigenvalue weighted by molar-refractivity contribution is -0.147. The van der Waals surface area contributed by atoms with Crippen molar-refractivity contribution >= 4 is 24.0 Å². The molecule has 0 unspecified atom stereocenters. The Morgan fingerprint density at radius 3 is 2.10 bits per heavy atom. The second-order valence-electron chi connectivity index (χ2n) is 3.57. The first kappa shape index (κ1) is 18.0. The van der Waals surface area contributed by atoms with Gasteiger partial charge in [-0.25, -0.2) is 4.79 Å². The Labute approximate surface area is 119 Å². The van der Waals surface area contributed by atoms with Gasteiger partial charge in [-0.05, 0) is 23.8 Å². The number of methoxy groups -OCH3 is 1. The summed E-state index contributed by atoms with van der Waals surface area (Å²) in [5, 5.41) is 33.0. The molecule has 1 aromatic carbocycles. The molecule has 0 saturated heterocycles. The van der Waals surface area contributed by atoms with E-state index >= 15 is 0 Å². The number of ether oxygens (including phenoxy) is 1. The third-order valence-electron chi connectivity index (χ3n) is 1.92. The van der Waals surface area contributed by atoms with Crippen molar-refractivity contribution in [2.24, 2.45) is 0 Å². The van der Waals surface area contributed by atoms with Gasteiger partial charge < -0.3 is 25.2 Å². The summed E-state index contributed by atoms with van der Waals surface area (Å²) < 4.78 is 4.86.